The molecule has 0 heterocycles. The van der Waals surface area contributed by atoms with E-state index in [0.29, 0.717) is 0 Å². The number of hydrogen-bond acceptors (Lipinski definition) is 1. The Bertz CT molecular complexity index is 172. The van der Waals surface area contributed by atoms with Gasteiger partial charge in [-0.2, -0.15) is 0 Å². The molecule has 0 aromatic heterocycles. The molecule has 2 heteroatoms. The third kappa shape index (κ3) is 2.47. The molecule has 0 saturated heterocycles. The van der Waals surface area contributed by atoms with Gasteiger partial charge in [-0.05, 0) is 0 Å². The van der Waals surface area contributed by atoms with E-state index < -0.39 is 0 Å². The van der Waals surface area contributed by atoms with Gasteiger partial charge < -0.3 is 0 Å². The van der Waals surface area contributed by atoms with Crippen LogP contribution in [0.1, 0.15) is 10.4 Å². The average Bonchev–Trinajstić information content (AvgIpc) is 1.90. The number of aldehydes is 1. The molecule has 0 fully saturated rings. The molecule has 1 rings (SSSR count). The van der Waals surface area contributed by atoms with Gasteiger partial charge in [-0.3, -0.25) is 4.79 Å². The molecular weight excluding hydrogens is 173 g/mol. The van der Waals surface area contributed by atoms with Crippen LogP contribution in [0.5, 0.6) is 0 Å². The molecule has 0 aliphatic carbocycles. The van der Waals surface area contributed by atoms with E-state index in [1.165, 1.54) is 0 Å². The van der Waals surface area contributed by atoms with Crippen LogP contribution in [0.15, 0.2) is 30.3 Å². The van der Waals surface area contributed by atoms with Crippen molar-refractivity contribution >= 4 is 23.9 Å². The van der Waals surface area contributed by atoms with E-state index in [1.807, 2.05) is 18.2 Å². The molecule has 0 N–H and O–H groups in total. The van der Waals surface area contributed by atoms with Crippen molar-refractivity contribution in [1.82, 2.24) is 0 Å². The van der Waals surface area contributed by atoms with Crippen molar-refractivity contribution < 1.29 is 4.79 Å². The maximum absolute atomic E-state index is 10.0. The second-order valence-electron chi connectivity index (χ2n) is 1.53. The molecule has 0 unspecified atom stereocenters. The van der Waals surface area contributed by atoms with Gasteiger partial charge in [0, 0.05) is 5.56 Å². The molecule has 0 aliphatic rings. The summed E-state index contributed by atoms with van der Waals surface area (Å²) >= 11 is 0. The molecule has 0 aliphatic heterocycles. The third-order valence-corrected chi connectivity index (χ3v) is 0.936. The van der Waals surface area contributed by atoms with Gasteiger partial charge in [-0.25, -0.2) is 0 Å². The summed E-state index contributed by atoms with van der Waals surface area (Å²) in [6, 6.07) is 9.10. The Hall–Kier alpha value is -0.567. The summed E-state index contributed by atoms with van der Waals surface area (Å²) in [6.45, 7) is 0. The number of rotatable bonds is 1. The quantitative estimate of drug-likeness (QED) is 0.443. The first-order chi connectivity index (χ1) is 3.93. The van der Waals surface area contributed by atoms with Crippen LogP contribution in [0.4, 0.5) is 0 Å². The predicted octanol–water partition coefficient (Wildman–Crippen LogP) is 0.0475. The first-order valence-corrected chi connectivity index (χ1v) is 2.44. The molecule has 0 saturated carbocycles. The fraction of sp³-hybridized carbons (Fsp3) is 0. The standard InChI is InChI=1S/C7H6O.GeH4/c8-6-7-4-2-1-3-5-7;/h1-6H;1H4. The van der Waals surface area contributed by atoms with Gasteiger partial charge in [-0.15, -0.1) is 0 Å². The number of carbonyl (C=O) groups is 1. The van der Waals surface area contributed by atoms with Crippen LogP contribution in [-0.2, 0) is 0 Å². The van der Waals surface area contributed by atoms with Crippen LogP contribution in [0.3, 0.4) is 0 Å². The summed E-state index contributed by atoms with van der Waals surface area (Å²) in [5, 5.41) is 0. The van der Waals surface area contributed by atoms with Crippen LogP contribution in [0, 0.1) is 0 Å². The first-order valence-electron chi connectivity index (χ1n) is 2.44. The van der Waals surface area contributed by atoms with E-state index in [-0.39, 0.29) is 17.6 Å². The monoisotopic (exact) mass is 184 g/mol. The van der Waals surface area contributed by atoms with Crippen LogP contribution < -0.4 is 0 Å². The molecule has 1 aromatic carbocycles. The Balaban J connectivity index is 0.000000640. The molecule has 1 nitrogen and oxygen atoms in total. The van der Waals surface area contributed by atoms with Crippen molar-refractivity contribution in [2.45, 2.75) is 0 Å². The fourth-order valence-corrected chi connectivity index (χ4v) is 0.532. The van der Waals surface area contributed by atoms with E-state index in [1.54, 1.807) is 12.1 Å². The summed E-state index contributed by atoms with van der Waals surface area (Å²) in [5.74, 6) is 0. The van der Waals surface area contributed by atoms with E-state index in [2.05, 4.69) is 0 Å². The SMILES string of the molecule is O=Cc1ccccc1.[GeH4]. The van der Waals surface area contributed by atoms with Crippen molar-refractivity contribution in [2.24, 2.45) is 0 Å². The molecule has 0 amide bonds. The second-order valence-corrected chi connectivity index (χ2v) is 1.53. The zero-order valence-electron chi connectivity index (χ0n) is 4.37. The molecule has 0 radical (unpaired) electrons. The van der Waals surface area contributed by atoms with E-state index in [0.717, 1.165) is 11.8 Å². The molecular formula is C7H10GeO. The second kappa shape index (κ2) is 4.33. The van der Waals surface area contributed by atoms with Gasteiger partial charge in [0.2, 0.25) is 0 Å². The first kappa shape index (κ1) is 8.43. The van der Waals surface area contributed by atoms with Gasteiger partial charge >= 0.3 is 17.6 Å². The Labute approximate surface area is 65.1 Å². The summed E-state index contributed by atoms with van der Waals surface area (Å²) in [6.07, 6.45) is 0.833. The molecule has 9 heavy (non-hydrogen) atoms. The number of carbonyl (C=O) groups excluding carboxylic acids is 1. The van der Waals surface area contributed by atoms with E-state index in [9.17, 15) is 4.79 Å². The van der Waals surface area contributed by atoms with Crippen LogP contribution in [-0.4, -0.2) is 23.9 Å². The van der Waals surface area contributed by atoms with Crippen molar-refractivity contribution in [3.8, 4) is 0 Å². The van der Waals surface area contributed by atoms with Gasteiger partial charge in [-0.1, -0.05) is 30.3 Å². The Kier molecular flexibility index (Phi) is 4.05. The Morgan fingerprint density at radius 1 is 1.11 bits per heavy atom. The number of hydrogen-bond donors (Lipinski definition) is 0. The minimum absolute atomic E-state index is 0. The summed E-state index contributed by atoms with van der Waals surface area (Å²) in [4.78, 5) is 10.0. The molecule has 0 bridgehead atoms. The topological polar surface area (TPSA) is 17.1 Å². The zero-order chi connectivity index (χ0) is 5.82. The number of benzene rings is 1. The van der Waals surface area contributed by atoms with Gasteiger partial charge in [0.15, 0.2) is 0 Å². The molecule has 1 aromatic rings. The van der Waals surface area contributed by atoms with Crippen molar-refractivity contribution in [3.05, 3.63) is 35.9 Å². The third-order valence-electron chi connectivity index (χ3n) is 0.936. The summed E-state index contributed by atoms with van der Waals surface area (Å²) in [5.41, 5.74) is 0.729. The van der Waals surface area contributed by atoms with E-state index >= 15 is 0 Å². The zero-order valence-corrected chi connectivity index (χ0v) is 4.37. The average molecular weight is 183 g/mol. The maximum atomic E-state index is 10.0. The fourth-order valence-electron chi connectivity index (χ4n) is 0.532. The van der Waals surface area contributed by atoms with Crippen molar-refractivity contribution in [3.63, 3.8) is 0 Å². The molecule has 48 valence electrons. The van der Waals surface area contributed by atoms with Crippen LogP contribution in [0.2, 0.25) is 0 Å². The van der Waals surface area contributed by atoms with Gasteiger partial charge in [0.05, 0.1) is 0 Å². The molecule has 0 spiro atoms. The normalized spacial score (nSPS) is 7.56. The predicted molar refractivity (Wildman–Crippen MR) is 43.2 cm³/mol. The minimum atomic E-state index is 0. The van der Waals surface area contributed by atoms with Crippen molar-refractivity contribution in [2.75, 3.05) is 0 Å². The summed E-state index contributed by atoms with van der Waals surface area (Å²) in [7, 11) is 0. The Morgan fingerprint density at radius 3 is 2.00 bits per heavy atom. The van der Waals surface area contributed by atoms with Gasteiger partial charge in [0.1, 0.15) is 6.29 Å². The Morgan fingerprint density at radius 2 is 1.67 bits per heavy atom. The van der Waals surface area contributed by atoms with Crippen LogP contribution in [0.25, 0.3) is 0 Å². The molecule has 0 atom stereocenters. The summed E-state index contributed by atoms with van der Waals surface area (Å²) < 4.78 is 0. The van der Waals surface area contributed by atoms with E-state index in [4.69, 9.17) is 0 Å². The van der Waals surface area contributed by atoms with Crippen LogP contribution >= 0.6 is 0 Å². The van der Waals surface area contributed by atoms with Crippen molar-refractivity contribution in [1.29, 1.82) is 0 Å². The van der Waals surface area contributed by atoms with Gasteiger partial charge in [0.25, 0.3) is 0 Å².